The Labute approximate surface area is 105 Å². The maximum atomic E-state index is 12.2. The van der Waals surface area contributed by atoms with Crippen LogP contribution in [0.25, 0.3) is 0 Å². The van der Waals surface area contributed by atoms with Crippen LogP contribution in [0.5, 0.6) is 0 Å². The number of hydrogen-bond donors (Lipinski definition) is 1. The third kappa shape index (κ3) is 1.38. The van der Waals surface area contributed by atoms with Crippen LogP contribution in [-0.2, 0) is 9.59 Å². The zero-order chi connectivity index (χ0) is 13.1. The molecule has 6 nitrogen and oxygen atoms in total. The first-order valence-corrected chi connectivity index (χ1v) is 6.42. The molecular formula is C12H17N3O3. The van der Waals surface area contributed by atoms with E-state index in [9.17, 15) is 14.4 Å². The van der Waals surface area contributed by atoms with Crippen molar-refractivity contribution in [2.75, 3.05) is 6.54 Å². The van der Waals surface area contributed by atoms with Crippen molar-refractivity contribution in [3.63, 3.8) is 0 Å². The maximum Gasteiger partial charge on any atom is 0.325 e. The number of urea groups is 1. The van der Waals surface area contributed by atoms with Gasteiger partial charge in [0.2, 0.25) is 5.91 Å². The molecule has 1 aliphatic carbocycles. The highest BCUT2D eigenvalue weighted by atomic mass is 16.2. The van der Waals surface area contributed by atoms with Gasteiger partial charge in [0, 0.05) is 12.6 Å². The molecule has 1 unspecified atom stereocenters. The Kier molecular flexibility index (Phi) is 2.21. The quantitative estimate of drug-likeness (QED) is 0.707. The van der Waals surface area contributed by atoms with Crippen LogP contribution in [0, 0.1) is 0 Å². The molecule has 0 bridgehead atoms. The minimum atomic E-state index is -0.664. The molecule has 2 saturated heterocycles. The molecule has 1 spiro atoms. The minimum Gasteiger partial charge on any atom is -0.338 e. The van der Waals surface area contributed by atoms with Crippen LogP contribution in [0.1, 0.15) is 33.1 Å². The molecule has 6 heteroatoms. The van der Waals surface area contributed by atoms with Gasteiger partial charge in [-0.25, -0.2) is 9.69 Å². The summed E-state index contributed by atoms with van der Waals surface area (Å²) in [6.07, 6.45) is 1.94. The second-order valence-corrected chi connectivity index (χ2v) is 5.62. The molecule has 1 N–H and O–H groups in total. The highest BCUT2D eigenvalue weighted by molar-refractivity contribution is 6.11. The fraction of sp³-hybridized carbons (Fsp3) is 0.750. The average Bonchev–Trinajstić information content (AvgIpc) is 2.91. The molecule has 98 valence electrons. The first-order valence-electron chi connectivity index (χ1n) is 6.42. The van der Waals surface area contributed by atoms with E-state index in [1.54, 1.807) is 4.90 Å². The van der Waals surface area contributed by atoms with E-state index in [0.717, 1.165) is 4.90 Å². The van der Waals surface area contributed by atoms with Crippen molar-refractivity contribution >= 4 is 17.8 Å². The van der Waals surface area contributed by atoms with Gasteiger partial charge in [0.25, 0.3) is 5.91 Å². The van der Waals surface area contributed by atoms with Gasteiger partial charge in [-0.05, 0) is 33.1 Å². The van der Waals surface area contributed by atoms with Crippen LogP contribution >= 0.6 is 0 Å². The SMILES string of the molecule is CC(C)N1CCC(N2C(=O)NC3(CC3)C2=O)C1=O. The number of rotatable bonds is 2. The van der Waals surface area contributed by atoms with Gasteiger partial charge in [0.15, 0.2) is 0 Å². The predicted molar refractivity (Wildman–Crippen MR) is 62.6 cm³/mol. The molecular weight excluding hydrogens is 234 g/mol. The number of amides is 4. The second-order valence-electron chi connectivity index (χ2n) is 5.62. The molecule has 3 fully saturated rings. The fourth-order valence-corrected chi connectivity index (χ4v) is 2.83. The number of hydrogen-bond acceptors (Lipinski definition) is 3. The maximum absolute atomic E-state index is 12.2. The third-order valence-electron chi connectivity index (χ3n) is 4.09. The fourth-order valence-electron chi connectivity index (χ4n) is 2.83. The van der Waals surface area contributed by atoms with Gasteiger partial charge in [-0.1, -0.05) is 0 Å². The van der Waals surface area contributed by atoms with Crippen molar-refractivity contribution in [2.24, 2.45) is 0 Å². The normalized spacial score (nSPS) is 29.7. The van der Waals surface area contributed by atoms with Gasteiger partial charge in [-0.3, -0.25) is 9.59 Å². The summed E-state index contributed by atoms with van der Waals surface area (Å²) in [6, 6.07) is -0.889. The van der Waals surface area contributed by atoms with Crippen molar-refractivity contribution in [1.29, 1.82) is 0 Å². The van der Waals surface area contributed by atoms with Crippen LogP contribution in [0.2, 0.25) is 0 Å². The zero-order valence-electron chi connectivity index (χ0n) is 10.6. The van der Waals surface area contributed by atoms with Crippen LogP contribution in [0.3, 0.4) is 0 Å². The molecule has 1 atom stereocenters. The second kappa shape index (κ2) is 3.46. The molecule has 0 radical (unpaired) electrons. The standard InChI is InChI=1S/C12H17N3O3/c1-7(2)14-6-3-8(9(14)16)15-10(17)12(4-5-12)13-11(15)18/h7-8H,3-6H2,1-2H3,(H,13,18). The van der Waals surface area contributed by atoms with Gasteiger partial charge in [0.1, 0.15) is 11.6 Å². The van der Waals surface area contributed by atoms with E-state index in [-0.39, 0.29) is 17.9 Å². The molecule has 2 heterocycles. The summed E-state index contributed by atoms with van der Waals surface area (Å²) in [5, 5.41) is 2.71. The summed E-state index contributed by atoms with van der Waals surface area (Å²) in [4.78, 5) is 39.1. The number of nitrogens with one attached hydrogen (secondary N) is 1. The van der Waals surface area contributed by atoms with E-state index in [2.05, 4.69) is 5.32 Å². The number of carbonyl (C=O) groups is 3. The van der Waals surface area contributed by atoms with Gasteiger partial charge in [0.05, 0.1) is 0 Å². The first kappa shape index (κ1) is 11.5. The summed E-state index contributed by atoms with van der Waals surface area (Å²) >= 11 is 0. The lowest BCUT2D eigenvalue weighted by molar-refractivity contribution is -0.139. The van der Waals surface area contributed by atoms with Crippen molar-refractivity contribution in [2.45, 2.75) is 50.7 Å². The summed E-state index contributed by atoms with van der Waals surface area (Å²) in [5.74, 6) is -0.317. The monoisotopic (exact) mass is 251 g/mol. The van der Waals surface area contributed by atoms with E-state index in [1.807, 2.05) is 13.8 Å². The average molecular weight is 251 g/mol. The van der Waals surface area contributed by atoms with Crippen molar-refractivity contribution < 1.29 is 14.4 Å². The van der Waals surface area contributed by atoms with Gasteiger partial charge in [-0.2, -0.15) is 0 Å². The van der Waals surface area contributed by atoms with Crippen LogP contribution in [0.15, 0.2) is 0 Å². The Bertz CT molecular complexity index is 442. The van der Waals surface area contributed by atoms with E-state index in [1.165, 1.54) is 0 Å². The molecule has 2 aliphatic heterocycles. The molecule has 0 aromatic rings. The molecule has 0 aromatic carbocycles. The Morgan fingerprint density at radius 1 is 1.28 bits per heavy atom. The van der Waals surface area contributed by atoms with Crippen LogP contribution < -0.4 is 5.32 Å². The lowest BCUT2D eigenvalue weighted by atomic mass is 10.2. The molecule has 18 heavy (non-hydrogen) atoms. The van der Waals surface area contributed by atoms with Gasteiger partial charge < -0.3 is 10.2 Å². The largest absolute Gasteiger partial charge is 0.338 e. The lowest BCUT2D eigenvalue weighted by Crippen LogP contribution is -2.47. The molecule has 3 rings (SSSR count). The molecule has 3 aliphatic rings. The van der Waals surface area contributed by atoms with Gasteiger partial charge >= 0.3 is 6.03 Å². The van der Waals surface area contributed by atoms with Crippen LogP contribution in [0.4, 0.5) is 4.79 Å². The van der Waals surface area contributed by atoms with E-state index in [0.29, 0.717) is 25.8 Å². The van der Waals surface area contributed by atoms with E-state index in [4.69, 9.17) is 0 Å². The summed E-state index contributed by atoms with van der Waals surface area (Å²) < 4.78 is 0. The van der Waals surface area contributed by atoms with Crippen molar-refractivity contribution in [3.05, 3.63) is 0 Å². The molecule has 4 amide bonds. The van der Waals surface area contributed by atoms with E-state index >= 15 is 0 Å². The molecule has 1 saturated carbocycles. The smallest absolute Gasteiger partial charge is 0.325 e. The first-order chi connectivity index (χ1) is 8.46. The Balaban J connectivity index is 1.82. The molecule has 0 aromatic heterocycles. The minimum absolute atomic E-state index is 0.105. The zero-order valence-corrected chi connectivity index (χ0v) is 10.6. The van der Waals surface area contributed by atoms with E-state index < -0.39 is 17.6 Å². The summed E-state index contributed by atoms with van der Waals surface area (Å²) in [5.41, 5.74) is -0.664. The highest BCUT2D eigenvalue weighted by Crippen LogP contribution is 2.42. The number of carbonyl (C=O) groups excluding carboxylic acids is 3. The highest BCUT2D eigenvalue weighted by Gasteiger charge is 2.62. The number of likely N-dealkylation sites (tertiary alicyclic amines) is 1. The number of nitrogens with zero attached hydrogens (tertiary/aromatic N) is 2. The van der Waals surface area contributed by atoms with Gasteiger partial charge in [-0.15, -0.1) is 0 Å². The topological polar surface area (TPSA) is 69.7 Å². The number of imide groups is 1. The summed E-state index contributed by atoms with van der Waals surface area (Å²) in [7, 11) is 0. The summed E-state index contributed by atoms with van der Waals surface area (Å²) in [6.45, 7) is 4.49. The third-order valence-corrected chi connectivity index (χ3v) is 4.09. The van der Waals surface area contributed by atoms with Crippen molar-refractivity contribution in [1.82, 2.24) is 15.1 Å². The Morgan fingerprint density at radius 2 is 1.94 bits per heavy atom. The lowest BCUT2D eigenvalue weighted by Gasteiger charge is -2.23. The Hall–Kier alpha value is -1.59. The Morgan fingerprint density at radius 3 is 2.39 bits per heavy atom. The van der Waals surface area contributed by atoms with Crippen molar-refractivity contribution in [3.8, 4) is 0 Å². The van der Waals surface area contributed by atoms with Crippen LogP contribution in [-0.4, -0.2) is 51.8 Å². The predicted octanol–water partition coefficient (Wildman–Crippen LogP) is 0.0801.